The van der Waals surface area contributed by atoms with E-state index < -0.39 is 16.1 Å². The highest BCUT2D eigenvalue weighted by Crippen LogP contribution is 2.40. The second-order valence-electron chi connectivity index (χ2n) is 10.8. The van der Waals surface area contributed by atoms with Gasteiger partial charge in [0.1, 0.15) is 31.0 Å². The van der Waals surface area contributed by atoms with Crippen molar-refractivity contribution in [1.82, 2.24) is 9.97 Å². The lowest BCUT2D eigenvalue weighted by Crippen LogP contribution is -2.18. The lowest BCUT2D eigenvalue weighted by molar-refractivity contribution is 0.135. The van der Waals surface area contributed by atoms with Crippen molar-refractivity contribution in [2.24, 2.45) is 0 Å². The number of amides is 1. The van der Waals surface area contributed by atoms with Crippen LogP contribution in [-0.2, 0) is 20.2 Å². The highest BCUT2D eigenvalue weighted by Gasteiger charge is 2.24. The van der Waals surface area contributed by atoms with Crippen LogP contribution in [0.2, 0.25) is 5.02 Å². The molecule has 4 aromatic rings. The number of hydrogen-bond donors (Lipinski definition) is 2. The van der Waals surface area contributed by atoms with Crippen molar-refractivity contribution >= 4 is 39.2 Å². The maximum absolute atomic E-state index is 13.4. The van der Waals surface area contributed by atoms with Gasteiger partial charge in [-0.05, 0) is 47.4 Å². The SMILES string of the molecule is COc1ccc(Cl)c(Oc2c(NS(=O)(=O)c3ccc(C(C)(C)C)cc3)ncnc2OCCOC(=O)Nc2ccc3c(c2)OCO3)c1. The number of methoxy groups -OCH3 is 1. The number of aromatic nitrogens is 2. The van der Waals surface area contributed by atoms with Crippen LogP contribution >= 0.6 is 11.6 Å². The molecule has 0 radical (unpaired) electrons. The molecule has 1 aromatic heterocycles. The van der Waals surface area contributed by atoms with Crippen LogP contribution in [0.5, 0.6) is 34.6 Å². The number of ether oxygens (including phenoxy) is 6. The number of hydrogen-bond acceptors (Lipinski definition) is 11. The highest BCUT2D eigenvalue weighted by molar-refractivity contribution is 7.92. The van der Waals surface area contributed by atoms with E-state index in [1.807, 2.05) is 20.8 Å². The molecule has 3 aromatic carbocycles. The Morgan fingerprint density at radius 2 is 1.74 bits per heavy atom. The van der Waals surface area contributed by atoms with Gasteiger partial charge >= 0.3 is 6.09 Å². The molecule has 2 heterocycles. The first-order valence-corrected chi connectivity index (χ1v) is 15.7. The topological polar surface area (TPSA) is 156 Å². The van der Waals surface area contributed by atoms with E-state index in [2.05, 4.69) is 20.0 Å². The smallest absolute Gasteiger partial charge is 0.411 e. The average molecular weight is 671 g/mol. The van der Waals surface area contributed by atoms with E-state index in [1.165, 1.54) is 25.3 Å². The van der Waals surface area contributed by atoms with Gasteiger partial charge in [0.15, 0.2) is 17.3 Å². The van der Waals surface area contributed by atoms with Crippen LogP contribution in [0, 0.1) is 0 Å². The molecule has 0 bridgehead atoms. The van der Waals surface area contributed by atoms with Gasteiger partial charge in [0, 0.05) is 17.8 Å². The van der Waals surface area contributed by atoms with Crippen molar-refractivity contribution < 1.29 is 41.6 Å². The van der Waals surface area contributed by atoms with Crippen molar-refractivity contribution in [3.8, 4) is 34.6 Å². The molecule has 46 heavy (non-hydrogen) atoms. The molecule has 13 nitrogen and oxygen atoms in total. The minimum Gasteiger partial charge on any atom is -0.497 e. The highest BCUT2D eigenvalue weighted by atomic mass is 35.5. The van der Waals surface area contributed by atoms with E-state index in [0.717, 1.165) is 11.9 Å². The number of anilines is 2. The summed E-state index contributed by atoms with van der Waals surface area (Å²) in [7, 11) is -2.66. The van der Waals surface area contributed by atoms with Crippen LogP contribution in [0.1, 0.15) is 26.3 Å². The normalized spacial score (nSPS) is 12.3. The first-order valence-electron chi connectivity index (χ1n) is 13.9. The van der Waals surface area contributed by atoms with Gasteiger partial charge in [-0.15, -0.1) is 0 Å². The Kier molecular flexibility index (Phi) is 9.58. The quantitative estimate of drug-likeness (QED) is 0.171. The molecular weight excluding hydrogens is 640 g/mol. The van der Waals surface area contributed by atoms with E-state index in [-0.39, 0.29) is 58.5 Å². The van der Waals surface area contributed by atoms with Crippen LogP contribution < -0.4 is 33.7 Å². The molecule has 0 spiro atoms. The van der Waals surface area contributed by atoms with Crippen LogP contribution in [0.15, 0.2) is 71.9 Å². The Hall–Kier alpha value is -4.95. The summed E-state index contributed by atoms with van der Waals surface area (Å²) in [6, 6.07) is 16.1. The fraction of sp³-hybridized carbons (Fsp3) is 0.258. The van der Waals surface area contributed by atoms with Crippen molar-refractivity contribution in [3.63, 3.8) is 0 Å². The van der Waals surface area contributed by atoms with Crippen molar-refractivity contribution in [2.75, 3.05) is 37.2 Å². The summed E-state index contributed by atoms with van der Waals surface area (Å²) in [4.78, 5) is 20.6. The van der Waals surface area contributed by atoms with Crippen LogP contribution in [-0.4, -0.2) is 51.6 Å². The molecule has 0 fully saturated rings. The predicted molar refractivity (Wildman–Crippen MR) is 169 cm³/mol. The van der Waals surface area contributed by atoms with Crippen molar-refractivity contribution in [2.45, 2.75) is 31.1 Å². The fourth-order valence-corrected chi connectivity index (χ4v) is 5.31. The monoisotopic (exact) mass is 670 g/mol. The van der Waals surface area contributed by atoms with Gasteiger partial charge in [-0.2, -0.15) is 4.98 Å². The summed E-state index contributed by atoms with van der Waals surface area (Å²) in [6.45, 7) is 5.83. The first kappa shape index (κ1) is 32.4. The molecule has 2 N–H and O–H groups in total. The Morgan fingerprint density at radius 1 is 0.978 bits per heavy atom. The van der Waals surface area contributed by atoms with Gasteiger partial charge in [0.05, 0.1) is 17.0 Å². The number of nitrogens with one attached hydrogen (secondary N) is 2. The van der Waals surface area contributed by atoms with E-state index in [1.54, 1.807) is 42.5 Å². The number of nitrogens with zero attached hydrogens (tertiary/aromatic N) is 2. The Morgan fingerprint density at radius 3 is 2.48 bits per heavy atom. The minimum absolute atomic E-state index is 0.00816. The van der Waals surface area contributed by atoms with E-state index in [9.17, 15) is 13.2 Å². The Labute approximate surface area is 270 Å². The second-order valence-corrected chi connectivity index (χ2v) is 12.9. The molecule has 0 aliphatic carbocycles. The number of rotatable bonds is 11. The van der Waals surface area contributed by atoms with Crippen molar-refractivity contribution in [1.29, 1.82) is 0 Å². The summed E-state index contributed by atoms with van der Waals surface area (Å²) >= 11 is 6.37. The summed E-state index contributed by atoms with van der Waals surface area (Å²) in [5.74, 6) is 1.08. The van der Waals surface area contributed by atoms with Gasteiger partial charge in [-0.1, -0.05) is 44.5 Å². The average Bonchev–Trinajstić information content (AvgIpc) is 3.49. The summed E-state index contributed by atoms with van der Waals surface area (Å²) < 4.78 is 62.1. The molecule has 1 amide bonds. The summed E-state index contributed by atoms with van der Waals surface area (Å²) in [6.07, 6.45) is 0.360. The molecular formula is C31H31ClN4O9S. The lowest BCUT2D eigenvalue weighted by atomic mass is 9.87. The van der Waals surface area contributed by atoms with Crippen LogP contribution in [0.4, 0.5) is 16.3 Å². The van der Waals surface area contributed by atoms with Crippen LogP contribution in [0.25, 0.3) is 0 Å². The lowest BCUT2D eigenvalue weighted by Gasteiger charge is -2.19. The van der Waals surface area contributed by atoms with Crippen LogP contribution in [0.3, 0.4) is 0 Å². The molecule has 0 saturated carbocycles. The minimum atomic E-state index is -4.13. The summed E-state index contributed by atoms with van der Waals surface area (Å²) in [5.41, 5.74) is 1.25. The van der Waals surface area contributed by atoms with E-state index >= 15 is 0 Å². The third-order valence-electron chi connectivity index (χ3n) is 6.56. The third kappa shape index (κ3) is 7.82. The number of sulfonamides is 1. The van der Waals surface area contributed by atoms with Crippen molar-refractivity contribution in [3.05, 3.63) is 77.6 Å². The number of benzene rings is 3. The number of fused-ring (bicyclic) bond motifs is 1. The standard InChI is InChI=1S/C31H31ClN4O9S/c1-31(2,3)19-5-9-22(10-6-19)46(38,39)36-28-27(45-25-16-21(40-4)8-11-23(25)32)29(34-17-33-28)41-13-14-42-30(37)35-20-7-12-24-26(15-20)44-18-43-24/h5-12,15-17H,13-14,18H2,1-4H3,(H,35,37)(H,33,34,36). The maximum atomic E-state index is 13.4. The predicted octanol–water partition coefficient (Wildman–Crippen LogP) is 6.39. The van der Waals surface area contributed by atoms with Gasteiger partial charge in [0.2, 0.25) is 12.5 Å². The third-order valence-corrected chi connectivity index (χ3v) is 8.22. The van der Waals surface area contributed by atoms with Gasteiger partial charge in [0.25, 0.3) is 15.9 Å². The zero-order chi connectivity index (χ0) is 32.9. The molecule has 0 atom stereocenters. The number of halogens is 1. The molecule has 5 rings (SSSR count). The molecule has 0 unspecified atom stereocenters. The molecule has 1 aliphatic rings. The Bertz CT molecular complexity index is 1830. The second kappa shape index (κ2) is 13.6. The number of carbonyl (C=O) groups excluding carboxylic acids is 1. The summed E-state index contributed by atoms with van der Waals surface area (Å²) in [5, 5.41) is 2.79. The molecule has 1 aliphatic heterocycles. The maximum Gasteiger partial charge on any atom is 0.411 e. The zero-order valence-electron chi connectivity index (χ0n) is 25.3. The molecule has 242 valence electrons. The zero-order valence-corrected chi connectivity index (χ0v) is 26.9. The van der Waals surface area contributed by atoms with E-state index in [0.29, 0.717) is 22.9 Å². The van der Waals surface area contributed by atoms with Gasteiger partial charge < -0.3 is 28.4 Å². The first-order chi connectivity index (χ1) is 21.9. The molecule has 0 saturated heterocycles. The largest absolute Gasteiger partial charge is 0.497 e. The van der Waals surface area contributed by atoms with E-state index in [4.69, 9.17) is 40.0 Å². The Balaban J connectivity index is 1.33. The van der Waals surface area contributed by atoms with Gasteiger partial charge in [-0.3, -0.25) is 10.0 Å². The molecule has 15 heteroatoms. The van der Waals surface area contributed by atoms with Gasteiger partial charge in [-0.25, -0.2) is 18.2 Å². The number of carbonyl (C=O) groups is 1. The fourth-order valence-electron chi connectivity index (χ4n) is 4.15.